The molecule has 26 heavy (non-hydrogen) atoms. The lowest BCUT2D eigenvalue weighted by Crippen LogP contribution is -2.54. The molecule has 0 aromatic carbocycles. The fourth-order valence-corrected chi connectivity index (χ4v) is 4.96. The van der Waals surface area contributed by atoms with Crippen LogP contribution in [0.3, 0.4) is 0 Å². The molecule has 1 saturated heterocycles. The molecule has 1 atom stereocenters. The van der Waals surface area contributed by atoms with Gasteiger partial charge in [-0.05, 0) is 38.5 Å². The molecule has 0 radical (unpaired) electrons. The van der Waals surface area contributed by atoms with E-state index in [0.717, 1.165) is 19.3 Å². The highest BCUT2D eigenvalue weighted by Gasteiger charge is 2.34. The topological polar surface area (TPSA) is 119 Å². The highest BCUT2D eigenvalue weighted by atomic mass is 32.2. The fraction of sp³-hybridized carbons (Fsp3) is 0.875. The molecule has 0 aromatic rings. The van der Waals surface area contributed by atoms with E-state index in [2.05, 4.69) is 10.6 Å². The number of carboxylic acid groups (broad SMARTS) is 1. The molecule has 150 valence electrons. The maximum atomic E-state index is 12.4. The summed E-state index contributed by atoms with van der Waals surface area (Å²) >= 11 is 0. The van der Waals surface area contributed by atoms with Crippen molar-refractivity contribution < 1.29 is 23.1 Å². The number of nitrogens with one attached hydrogen (secondary N) is 2. The predicted octanol–water partition coefficient (Wildman–Crippen LogP) is 0.590. The van der Waals surface area contributed by atoms with E-state index in [0.29, 0.717) is 32.2 Å². The Hall–Kier alpha value is -1.39. The van der Waals surface area contributed by atoms with Gasteiger partial charge in [0.2, 0.25) is 0 Å². The zero-order valence-corrected chi connectivity index (χ0v) is 16.3. The van der Waals surface area contributed by atoms with Crippen LogP contribution in [0.1, 0.15) is 44.9 Å². The van der Waals surface area contributed by atoms with Crippen molar-refractivity contribution in [3.63, 3.8) is 0 Å². The van der Waals surface area contributed by atoms with Gasteiger partial charge in [-0.1, -0.05) is 6.42 Å². The number of amides is 2. The first-order valence-corrected chi connectivity index (χ1v) is 10.6. The van der Waals surface area contributed by atoms with Crippen LogP contribution in [0.4, 0.5) is 4.79 Å². The van der Waals surface area contributed by atoms with Gasteiger partial charge >= 0.3 is 12.0 Å². The minimum Gasteiger partial charge on any atom is -0.481 e. The molecule has 9 nitrogen and oxygen atoms in total. The second-order valence-corrected chi connectivity index (χ2v) is 9.39. The van der Waals surface area contributed by atoms with Gasteiger partial charge in [0.05, 0.1) is 5.92 Å². The standard InChI is InChI=1S/C16H30N4O5S/c1-19(2)26(24,25)20-10-4-3-5-14(20)11-17-16(23)18-13-8-6-12(7-9-13)15(21)22/h12-14H,3-11H2,1-2H3,(H,21,22)(H2,17,18,23). The smallest absolute Gasteiger partial charge is 0.315 e. The van der Waals surface area contributed by atoms with E-state index in [9.17, 15) is 18.0 Å². The van der Waals surface area contributed by atoms with E-state index in [-0.39, 0.29) is 30.6 Å². The van der Waals surface area contributed by atoms with E-state index in [1.807, 2.05) is 0 Å². The third-order valence-electron chi connectivity index (χ3n) is 5.24. The molecule has 1 saturated carbocycles. The molecule has 2 fully saturated rings. The molecule has 1 heterocycles. The van der Waals surface area contributed by atoms with Crippen molar-refractivity contribution in [2.24, 2.45) is 5.92 Å². The molecule has 10 heteroatoms. The minimum atomic E-state index is -3.50. The molecule has 2 rings (SSSR count). The Balaban J connectivity index is 1.81. The Morgan fingerprint density at radius 2 is 1.77 bits per heavy atom. The highest BCUT2D eigenvalue weighted by Crippen LogP contribution is 2.24. The normalized spacial score (nSPS) is 27.9. The van der Waals surface area contributed by atoms with Crippen LogP contribution in [0.2, 0.25) is 0 Å². The largest absolute Gasteiger partial charge is 0.481 e. The van der Waals surface area contributed by atoms with Crippen LogP contribution in [0, 0.1) is 5.92 Å². The Morgan fingerprint density at radius 3 is 2.35 bits per heavy atom. The Bertz CT molecular complexity index is 602. The molecule has 0 spiro atoms. The predicted molar refractivity (Wildman–Crippen MR) is 96.9 cm³/mol. The first-order chi connectivity index (χ1) is 12.2. The maximum Gasteiger partial charge on any atom is 0.315 e. The van der Waals surface area contributed by atoms with Gasteiger partial charge in [-0.2, -0.15) is 17.0 Å². The SMILES string of the molecule is CN(C)S(=O)(=O)N1CCCCC1CNC(=O)NC1CCC(C(=O)O)CC1. The number of nitrogens with zero attached hydrogens (tertiary/aromatic N) is 2. The van der Waals surface area contributed by atoms with E-state index in [1.54, 1.807) is 0 Å². The summed E-state index contributed by atoms with van der Waals surface area (Å²) in [5, 5.41) is 14.7. The molecule has 0 bridgehead atoms. The summed E-state index contributed by atoms with van der Waals surface area (Å²) < 4.78 is 27.5. The highest BCUT2D eigenvalue weighted by molar-refractivity contribution is 7.86. The van der Waals surface area contributed by atoms with Gasteiger partial charge in [-0.25, -0.2) is 4.79 Å². The lowest BCUT2D eigenvalue weighted by atomic mass is 9.86. The Kier molecular flexibility index (Phi) is 7.24. The van der Waals surface area contributed by atoms with Gasteiger partial charge in [0.15, 0.2) is 0 Å². The molecule has 1 unspecified atom stereocenters. The first kappa shape index (κ1) is 20.9. The Morgan fingerprint density at radius 1 is 1.12 bits per heavy atom. The van der Waals surface area contributed by atoms with Crippen molar-refractivity contribution in [2.45, 2.75) is 57.0 Å². The van der Waals surface area contributed by atoms with Crippen LogP contribution in [0.25, 0.3) is 0 Å². The number of piperidine rings is 1. The van der Waals surface area contributed by atoms with Crippen molar-refractivity contribution in [1.29, 1.82) is 0 Å². The molecule has 2 aliphatic rings. The Labute approximate surface area is 155 Å². The van der Waals surface area contributed by atoms with E-state index in [4.69, 9.17) is 5.11 Å². The lowest BCUT2D eigenvalue weighted by Gasteiger charge is -2.36. The van der Waals surface area contributed by atoms with E-state index < -0.39 is 16.2 Å². The summed E-state index contributed by atoms with van der Waals surface area (Å²) in [6.07, 6.45) is 4.91. The van der Waals surface area contributed by atoms with Gasteiger partial charge < -0.3 is 15.7 Å². The van der Waals surface area contributed by atoms with E-state index in [1.165, 1.54) is 22.7 Å². The first-order valence-electron chi connectivity index (χ1n) is 9.18. The van der Waals surface area contributed by atoms with Crippen molar-refractivity contribution in [3.05, 3.63) is 0 Å². The number of urea groups is 1. The average molecular weight is 391 g/mol. The molecule has 2 amide bonds. The van der Waals surface area contributed by atoms with Gasteiger partial charge in [0, 0.05) is 39.3 Å². The molecule has 0 aromatic heterocycles. The summed E-state index contributed by atoms with van der Waals surface area (Å²) in [5.41, 5.74) is 0. The monoisotopic (exact) mass is 390 g/mol. The van der Waals surface area contributed by atoms with Crippen LogP contribution >= 0.6 is 0 Å². The summed E-state index contributed by atoms with van der Waals surface area (Å²) in [6, 6.07) is -0.597. The van der Waals surface area contributed by atoms with Crippen LogP contribution in [-0.4, -0.2) is 73.4 Å². The van der Waals surface area contributed by atoms with Crippen molar-refractivity contribution >= 4 is 22.2 Å². The molecular formula is C16H30N4O5S. The number of hydrogen-bond donors (Lipinski definition) is 3. The number of hydrogen-bond acceptors (Lipinski definition) is 4. The minimum absolute atomic E-state index is 0.0291. The molecule has 3 N–H and O–H groups in total. The zero-order valence-electron chi connectivity index (χ0n) is 15.5. The van der Waals surface area contributed by atoms with Crippen molar-refractivity contribution in [3.8, 4) is 0 Å². The van der Waals surface area contributed by atoms with Gasteiger partial charge in [-0.3, -0.25) is 4.79 Å². The summed E-state index contributed by atoms with van der Waals surface area (Å²) in [4.78, 5) is 23.1. The molecule has 1 aliphatic heterocycles. The quantitative estimate of drug-likeness (QED) is 0.613. The van der Waals surface area contributed by atoms with E-state index >= 15 is 0 Å². The number of rotatable bonds is 6. The zero-order chi connectivity index (χ0) is 19.3. The van der Waals surface area contributed by atoms with Gasteiger partial charge in [0.25, 0.3) is 10.2 Å². The third kappa shape index (κ3) is 5.31. The molecule has 1 aliphatic carbocycles. The summed E-state index contributed by atoms with van der Waals surface area (Å²) in [5.74, 6) is -1.09. The van der Waals surface area contributed by atoms with Crippen molar-refractivity contribution in [1.82, 2.24) is 19.2 Å². The number of carbonyl (C=O) groups is 2. The number of carboxylic acids is 1. The van der Waals surface area contributed by atoms with Crippen molar-refractivity contribution in [2.75, 3.05) is 27.2 Å². The number of carbonyl (C=O) groups excluding carboxylic acids is 1. The maximum absolute atomic E-state index is 12.4. The average Bonchev–Trinajstić information content (AvgIpc) is 2.60. The van der Waals surface area contributed by atoms with Gasteiger partial charge in [0.1, 0.15) is 0 Å². The summed E-state index contributed by atoms with van der Waals surface area (Å²) in [6.45, 7) is 0.733. The second kappa shape index (κ2) is 9.01. The van der Waals surface area contributed by atoms with Crippen LogP contribution in [-0.2, 0) is 15.0 Å². The number of aliphatic carboxylic acids is 1. The van der Waals surface area contributed by atoms with Gasteiger partial charge in [-0.15, -0.1) is 0 Å². The molecular weight excluding hydrogens is 360 g/mol. The lowest BCUT2D eigenvalue weighted by molar-refractivity contribution is -0.142. The fourth-order valence-electron chi connectivity index (χ4n) is 3.62. The van der Waals surface area contributed by atoms with Crippen LogP contribution < -0.4 is 10.6 Å². The summed E-state index contributed by atoms with van der Waals surface area (Å²) in [7, 11) is -0.482. The second-order valence-electron chi connectivity index (χ2n) is 7.29. The van der Waals surface area contributed by atoms with Crippen LogP contribution in [0.5, 0.6) is 0 Å². The van der Waals surface area contributed by atoms with Crippen LogP contribution in [0.15, 0.2) is 0 Å². The third-order valence-corrected chi connectivity index (χ3v) is 7.24.